The van der Waals surface area contributed by atoms with Crippen molar-refractivity contribution in [2.75, 3.05) is 24.2 Å². The molecule has 0 saturated carbocycles. The largest absolute Gasteiger partial charge is 0.472 e. The number of nitrogens with one attached hydrogen (secondary N) is 1. The first-order valence-corrected chi connectivity index (χ1v) is 5.65. The van der Waals surface area contributed by atoms with Crippen LogP contribution in [0.1, 0.15) is 0 Å². The van der Waals surface area contributed by atoms with Gasteiger partial charge in [-0.25, -0.2) is 0 Å². The Labute approximate surface area is 105 Å². The fourth-order valence-corrected chi connectivity index (χ4v) is 1.66. The summed E-state index contributed by atoms with van der Waals surface area (Å²) in [7, 11) is 0. The molecule has 2 rings (SSSR count). The van der Waals surface area contributed by atoms with Gasteiger partial charge >= 0.3 is 0 Å². The van der Waals surface area contributed by atoms with Gasteiger partial charge in [0.1, 0.15) is 0 Å². The first kappa shape index (κ1) is 12.5. The first-order chi connectivity index (χ1) is 8.70. The molecule has 18 heavy (non-hydrogen) atoms. The summed E-state index contributed by atoms with van der Waals surface area (Å²) in [6.07, 6.45) is 2.42. The van der Waals surface area contributed by atoms with Gasteiger partial charge in [0.25, 0.3) is 0 Å². The summed E-state index contributed by atoms with van der Waals surface area (Å²) in [6.45, 7) is -0.00567. The number of anilines is 2. The third-order valence-corrected chi connectivity index (χ3v) is 2.61. The van der Waals surface area contributed by atoms with E-state index in [0.29, 0.717) is 5.69 Å². The molecule has 0 radical (unpaired) electrons. The number of nitrogens with two attached hydrogens (primary N) is 1. The minimum atomic E-state index is -0.792. The Morgan fingerprint density at radius 3 is 2.83 bits per heavy atom. The number of benzene rings is 1. The van der Waals surface area contributed by atoms with E-state index in [4.69, 9.17) is 15.3 Å². The average molecular weight is 248 g/mol. The zero-order valence-corrected chi connectivity index (χ0v) is 9.84. The second-order valence-corrected chi connectivity index (χ2v) is 4.03. The highest BCUT2D eigenvalue weighted by Gasteiger charge is 2.08. The predicted octanol–water partition coefficient (Wildman–Crippen LogP) is 1.29. The molecule has 1 unspecified atom stereocenters. The van der Waals surface area contributed by atoms with Gasteiger partial charge in [0.15, 0.2) is 0 Å². The second kappa shape index (κ2) is 5.57. The van der Waals surface area contributed by atoms with Crippen molar-refractivity contribution in [3.8, 4) is 11.1 Å². The number of hydrogen-bond donors (Lipinski definition) is 4. The molecule has 0 aliphatic heterocycles. The van der Waals surface area contributed by atoms with Crippen LogP contribution < -0.4 is 11.1 Å². The molecule has 1 aromatic carbocycles. The van der Waals surface area contributed by atoms with E-state index in [0.717, 1.165) is 16.8 Å². The summed E-state index contributed by atoms with van der Waals surface area (Å²) in [6, 6.07) is 7.28. The molecule has 1 atom stereocenters. The molecule has 5 N–H and O–H groups in total. The summed E-state index contributed by atoms with van der Waals surface area (Å²) in [5, 5.41) is 21.2. The highest BCUT2D eigenvalue weighted by molar-refractivity contribution is 5.80. The highest BCUT2D eigenvalue weighted by Crippen LogP contribution is 2.30. The topological polar surface area (TPSA) is 91.7 Å². The fraction of sp³-hybridized carbons (Fsp3) is 0.231. The lowest BCUT2D eigenvalue weighted by atomic mass is 10.1. The van der Waals surface area contributed by atoms with E-state index in [-0.39, 0.29) is 13.2 Å². The second-order valence-electron chi connectivity index (χ2n) is 4.03. The lowest BCUT2D eigenvalue weighted by molar-refractivity contribution is 0.105. The van der Waals surface area contributed by atoms with Crippen LogP contribution in [0.3, 0.4) is 0 Å². The third-order valence-electron chi connectivity index (χ3n) is 2.61. The highest BCUT2D eigenvalue weighted by atomic mass is 16.3. The van der Waals surface area contributed by atoms with E-state index in [2.05, 4.69) is 5.32 Å². The maximum Gasteiger partial charge on any atom is 0.0981 e. The summed E-state index contributed by atoms with van der Waals surface area (Å²) in [5.74, 6) is 0. The summed E-state index contributed by atoms with van der Waals surface area (Å²) in [4.78, 5) is 0. The minimum absolute atomic E-state index is 0.269. The minimum Gasteiger partial charge on any atom is -0.472 e. The van der Waals surface area contributed by atoms with E-state index in [1.807, 2.05) is 18.2 Å². The van der Waals surface area contributed by atoms with Gasteiger partial charge in [-0.2, -0.15) is 0 Å². The van der Waals surface area contributed by atoms with E-state index in [9.17, 15) is 5.11 Å². The maximum atomic E-state index is 9.34. The van der Waals surface area contributed by atoms with Gasteiger partial charge in [0.05, 0.1) is 25.2 Å². The molecular weight excluding hydrogens is 232 g/mol. The van der Waals surface area contributed by atoms with Crippen molar-refractivity contribution in [3.63, 3.8) is 0 Å². The molecule has 96 valence electrons. The Balaban J connectivity index is 2.24. The summed E-state index contributed by atoms with van der Waals surface area (Å²) < 4.78 is 5.05. The normalized spacial score (nSPS) is 12.3. The Morgan fingerprint density at radius 2 is 2.17 bits per heavy atom. The van der Waals surface area contributed by atoms with Gasteiger partial charge in [-0.15, -0.1) is 0 Å². The van der Waals surface area contributed by atoms with E-state index < -0.39 is 6.10 Å². The third kappa shape index (κ3) is 2.82. The molecule has 0 aliphatic carbocycles. The molecule has 0 amide bonds. The van der Waals surface area contributed by atoms with Crippen LogP contribution in [-0.2, 0) is 0 Å². The van der Waals surface area contributed by atoms with Crippen LogP contribution in [0, 0.1) is 0 Å². The van der Waals surface area contributed by atoms with Gasteiger partial charge in [-0.3, -0.25) is 0 Å². The summed E-state index contributed by atoms with van der Waals surface area (Å²) >= 11 is 0. The lowest BCUT2D eigenvalue weighted by Crippen LogP contribution is -2.23. The monoisotopic (exact) mass is 248 g/mol. The molecular formula is C13H16N2O3. The van der Waals surface area contributed by atoms with Crippen molar-refractivity contribution in [1.82, 2.24) is 0 Å². The van der Waals surface area contributed by atoms with Crippen LogP contribution in [-0.4, -0.2) is 29.5 Å². The molecule has 0 saturated heterocycles. The van der Waals surface area contributed by atoms with Gasteiger partial charge in [0.2, 0.25) is 0 Å². The van der Waals surface area contributed by atoms with E-state index in [1.54, 1.807) is 18.6 Å². The van der Waals surface area contributed by atoms with Crippen molar-refractivity contribution >= 4 is 11.4 Å². The fourth-order valence-electron chi connectivity index (χ4n) is 1.66. The van der Waals surface area contributed by atoms with Crippen LogP contribution in [0.4, 0.5) is 11.4 Å². The molecule has 1 aromatic heterocycles. The zero-order valence-electron chi connectivity index (χ0n) is 9.84. The van der Waals surface area contributed by atoms with Crippen molar-refractivity contribution in [2.45, 2.75) is 6.10 Å². The molecule has 5 nitrogen and oxygen atoms in total. The quantitative estimate of drug-likeness (QED) is 0.598. The smallest absolute Gasteiger partial charge is 0.0981 e. The number of aliphatic hydroxyl groups is 2. The van der Waals surface area contributed by atoms with Gasteiger partial charge in [0, 0.05) is 29.0 Å². The Kier molecular flexibility index (Phi) is 3.86. The van der Waals surface area contributed by atoms with Crippen molar-refractivity contribution in [1.29, 1.82) is 0 Å². The molecule has 0 aliphatic rings. The van der Waals surface area contributed by atoms with Crippen molar-refractivity contribution in [2.24, 2.45) is 0 Å². The number of aliphatic hydroxyl groups excluding tert-OH is 2. The van der Waals surface area contributed by atoms with E-state index in [1.165, 1.54) is 0 Å². The van der Waals surface area contributed by atoms with Crippen LogP contribution in [0.25, 0.3) is 11.1 Å². The molecule has 0 spiro atoms. The van der Waals surface area contributed by atoms with Gasteiger partial charge < -0.3 is 25.7 Å². The standard InChI is InChI=1S/C13H16N2O3/c14-10-1-2-13(15-6-11(17)7-16)12(5-10)9-3-4-18-8-9/h1-5,8,11,15-17H,6-7,14H2. The van der Waals surface area contributed by atoms with Crippen LogP contribution in [0.2, 0.25) is 0 Å². The van der Waals surface area contributed by atoms with Gasteiger partial charge in [-0.1, -0.05) is 0 Å². The predicted molar refractivity (Wildman–Crippen MR) is 70.1 cm³/mol. The molecule has 2 aromatic rings. The van der Waals surface area contributed by atoms with Crippen molar-refractivity contribution < 1.29 is 14.6 Å². The number of rotatable bonds is 5. The van der Waals surface area contributed by atoms with Gasteiger partial charge in [-0.05, 0) is 24.3 Å². The number of furan rings is 1. The zero-order chi connectivity index (χ0) is 13.0. The Morgan fingerprint density at radius 1 is 1.33 bits per heavy atom. The molecule has 0 fully saturated rings. The van der Waals surface area contributed by atoms with Crippen LogP contribution in [0.5, 0.6) is 0 Å². The summed E-state index contributed by atoms with van der Waals surface area (Å²) in [5.41, 5.74) is 9.05. The molecule has 0 bridgehead atoms. The average Bonchev–Trinajstić information content (AvgIpc) is 2.90. The number of nitrogen functional groups attached to an aromatic ring is 1. The Bertz CT molecular complexity index is 497. The van der Waals surface area contributed by atoms with Crippen molar-refractivity contribution in [3.05, 3.63) is 36.8 Å². The number of hydrogen-bond acceptors (Lipinski definition) is 5. The lowest BCUT2D eigenvalue weighted by Gasteiger charge is -2.14. The maximum absolute atomic E-state index is 9.34. The molecule has 5 heteroatoms. The van der Waals surface area contributed by atoms with Crippen LogP contribution >= 0.6 is 0 Å². The van der Waals surface area contributed by atoms with Crippen LogP contribution in [0.15, 0.2) is 41.2 Å². The Hall–Kier alpha value is -1.98. The SMILES string of the molecule is Nc1ccc(NCC(O)CO)c(-c2ccoc2)c1. The van der Waals surface area contributed by atoms with E-state index >= 15 is 0 Å². The first-order valence-electron chi connectivity index (χ1n) is 5.65. The molecule has 1 heterocycles.